The molecule has 1 amide bonds. The third-order valence-electron chi connectivity index (χ3n) is 4.53. The third-order valence-corrected chi connectivity index (χ3v) is 4.53. The van der Waals surface area contributed by atoms with Gasteiger partial charge in [-0.15, -0.1) is 0 Å². The Bertz CT molecular complexity index is 303. The lowest BCUT2D eigenvalue weighted by Gasteiger charge is -2.20. The maximum atomic E-state index is 11.3. The van der Waals surface area contributed by atoms with Gasteiger partial charge in [-0.25, -0.2) is 0 Å². The minimum Gasteiger partial charge on any atom is -0.369 e. The van der Waals surface area contributed by atoms with Crippen LogP contribution in [0.15, 0.2) is 12.2 Å². The molecule has 3 rings (SSSR count). The summed E-state index contributed by atoms with van der Waals surface area (Å²) in [7, 11) is 0. The first-order chi connectivity index (χ1) is 6.17. The fourth-order valence-corrected chi connectivity index (χ4v) is 3.82. The van der Waals surface area contributed by atoms with Gasteiger partial charge in [-0.3, -0.25) is 4.79 Å². The van der Waals surface area contributed by atoms with Crippen molar-refractivity contribution in [1.29, 1.82) is 0 Å². The molecule has 2 nitrogen and oxygen atoms in total. The molecule has 0 heterocycles. The van der Waals surface area contributed by atoms with E-state index >= 15 is 0 Å². The number of carbonyl (C=O) groups is 1. The van der Waals surface area contributed by atoms with Gasteiger partial charge >= 0.3 is 0 Å². The summed E-state index contributed by atoms with van der Waals surface area (Å²) in [6.45, 7) is 2.18. The van der Waals surface area contributed by atoms with Crippen molar-refractivity contribution in [3.63, 3.8) is 0 Å². The summed E-state index contributed by atoms with van der Waals surface area (Å²) >= 11 is 0. The third kappa shape index (κ3) is 0.687. The monoisotopic (exact) mass is 177 g/mol. The number of allylic oxidation sites excluding steroid dienone is 2. The quantitative estimate of drug-likeness (QED) is 0.603. The van der Waals surface area contributed by atoms with E-state index in [1.54, 1.807) is 0 Å². The summed E-state index contributed by atoms with van der Waals surface area (Å²) in [4.78, 5) is 11.3. The van der Waals surface area contributed by atoms with Crippen molar-refractivity contribution in [3.8, 4) is 0 Å². The summed E-state index contributed by atoms with van der Waals surface area (Å²) in [5.74, 6) is 1.64. The summed E-state index contributed by atoms with van der Waals surface area (Å²) in [6.07, 6.45) is 7.18. The summed E-state index contributed by atoms with van der Waals surface area (Å²) in [6, 6.07) is 0. The minimum absolute atomic E-state index is 0.0874. The molecule has 0 aromatic heterocycles. The zero-order valence-electron chi connectivity index (χ0n) is 7.86. The Kier molecular flexibility index (Phi) is 1.17. The van der Waals surface area contributed by atoms with Gasteiger partial charge < -0.3 is 5.73 Å². The molecule has 0 aliphatic heterocycles. The number of carbonyl (C=O) groups excluding carboxylic acids is 1. The average molecular weight is 177 g/mol. The van der Waals surface area contributed by atoms with E-state index in [1.807, 2.05) is 0 Å². The first-order valence-corrected chi connectivity index (χ1v) is 5.14. The van der Waals surface area contributed by atoms with Crippen molar-refractivity contribution < 1.29 is 4.79 Å². The number of hydrogen-bond acceptors (Lipinski definition) is 1. The molecule has 0 aromatic rings. The number of nitrogens with two attached hydrogens (primary N) is 1. The number of rotatable bonds is 1. The fraction of sp³-hybridized carbons (Fsp3) is 0.727. The van der Waals surface area contributed by atoms with Crippen LogP contribution in [0.3, 0.4) is 0 Å². The maximum absolute atomic E-state index is 11.3. The molecule has 1 spiro atoms. The first-order valence-electron chi connectivity index (χ1n) is 5.14. The minimum atomic E-state index is -0.0874. The van der Waals surface area contributed by atoms with Crippen molar-refractivity contribution in [1.82, 2.24) is 0 Å². The van der Waals surface area contributed by atoms with Crippen molar-refractivity contribution in [2.45, 2.75) is 19.8 Å². The Labute approximate surface area is 78.2 Å². The SMILES string of the molecule is CC1C(C(N)=O)C2C=CC1C21CC1. The molecule has 2 saturated carbocycles. The molecular formula is C11H15NO. The van der Waals surface area contributed by atoms with Crippen LogP contribution in [0, 0.1) is 29.1 Å². The van der Waals surface area contributed by atoms with Crippen LogP contribution in [-0.4, -0.2) is 5.91 Å². The summed E-state index contributed by atoms with van der Waals surface area (Å²) in [5.41, 5.74) is 5.94. The molecule has 2 heteroatoms. The van der Waals surface area contributed by atoms with Crippen LogP contribution < -0.4 is 5.73 Å². The van der Waals surface area contributed by atoms with Crippen LogP contribution in [0.2, 0.25) is 0 Å². The lowest BCUT2D eigenvalue weighted by atomic mass is 9.84. The van der Waals surface area contributed by atoms with Gasteiger partial charge in [-0.2, -0.15) is 0 Å². The number of hydrogen-bond donors (Lipinski definition) is 1. The van der Waals surface area contributed by atoms with E-state index in [0.29, 0.717) is 23.2 Å². The highest BCUT2D eigenvalue weighted by molar-refractivity contribution is 5.79. The Morgan fingerprint density at radius 2 is 2.00 bits per heavy atom. The zero-order valence-corrected chi connectivity index (χ0v) is 7.86. The second kappa shape index (κ2) is 1.99. The Morgan fingerprint density at radius 1 is 1.38 bits per heavy atom. The van der Waals surface area contributed by atoms with E-state index in [1.165, 1.54) is 12.8 Å². The standard InChI is InChI=1S/C11H15NO/c1-6-7-2-3-8(9(6)10(12)13)11(7)4-5-11/h2-3,6-9H,4-5H2,1H3,(H2,12,13). The number of primary amides is 1. The second-order valence-corrected chi connectivity index (χ2v) is 4.96. The summed E-state index contributed by atoms with van der Waals surface area (Å²) in [5, 5.41) is 0. The van der Waals surface area contributed by atoms with E-state index in [9.17, 15) is 4.79 Å². The molecule has 4 unspecified atom stereocenters. The molecule has 4 atom stereocenters. The van der Waals surface area contributed by atoms with Gasteiger partial charge in [0.2, 0.25) is 5.91 Å². The highest BCUT2D eigenvalue weighted by atomic mass is 16.1. The fourth-order valence-electron chi connectivity index (χ4n) is 3.82. The van der Waals surface area contributed by atoms with E-state index in [-0.39, 0.29) is 11.8 Å². The van der Waals surface area contributed by atoms with Crippen LogP contribution in [0.5, 0.6) is 0 Å². The van der Waals surface area contributed by atoms with Crippen molar-refractivity contribution in [2.24, 2.45) is 34.8 Å². The molecule has 3 aliphatic carbocycles. The molecule has 2 fully saturated rings. The molecule has 0 radical (unpaired) electrons. The molecule has 2 bridgehead atoms. The van der Waals surface area contributed by atoms with Gasteiger partial charge in [-0.05, 0) is 36.0 Å². The van der Waals surface area contributed by atoms with Crippen LogP contribution in [0.25, 0.3) is 0 Å². The number of amides is 1. The molecule has 70 valence electrons. The topological polar surface area (TPSA) is 43.1 Å². The van der Waals surface area contributed by atoms with Crippen LogP contribution in [-0.2, 0) is 4.79 Å². The highest BCUT2D eigenvalue weighted by Crippen LogP contribution is 2.71. The predicted octanol–water partition coefficient (Wildman–Crippen LogP) is 1.32. The summed E-state index contributed by atoms with van der Waals surface area (Å²) < 4.78 is 0. The molecule has 13 heavy (non-hydrogen) atoms. The Morgan fingerprint density at radius 3 is 2.38 bits per heavy atom. The smallest absolute Gasteiger partial charge is 0.221 e. The lowest BCUT2D eigenvalue weighted by molar-refractivity contribution is -0.123. The Hall–Kier alpha value is -0.790. The van der Waals surface area contributed by atoms with Crippen molar-refractivity contribution in [2.75, 3.05) is 0 Å². The van der Waals surface area contributed by atoms with Crippen LogP contribution in [0.1, 0.15) is 19.8 Å². The van der Waals surface area contributed by atoms with Crippen LogP contribution >= 0.6 is 0 Å². The maximum Gasteiger partial charge on any atom is 0.221 e. The van der Waals surface area contributed by atoms with Gasteiger partial charge in [0, 0.05) is 5.92 Å². The van der Waals surface area contributed by atoms with E-state index in [2.05, 4.69) is 19.1 Å². The van der Waals surface area contributed by atoms with E-state index in [4.69, 9.17) is 5.73 Å². The first kappa shape index (κ1) is 7.60. The lowest BCUT2D eigenvalue weighted by Crippen LogP contribution is -2.31. The molecular weight excluding hydrogens is 162 g/mol. The van der Waals surface area contributed by atoms with Gasteiger partial charge in [0.1, 0.15) is 0 Å². The van der Waals surface area contributed by atoms with Crippen molar-refractivity contribution >= 4 is 5.91 Å². The second-order valence-electron chi connectivity index (χ2n) is 4.96. The molecule has 0 aromatic carbocycles. The van der Waals surface area contributed by atoms with Crippen molar-refractivity contribution in [3.05, 3.63) is 12.2 Å². The zero-order chi connectivity index (χ0) is 9.22. The van der Waals surface area contributed by atoms with Gasteiger partial charge in [0.15, 0.2) is 0 Å². The van der Waals surface area contributed by atoms with Gasteiger partial charge in [0.25, 0.3) is 0 Å². The Balaban J connectivity index is 2.02. The van der Waals surface area contributed by atoms with E-state index < -0.39 is 0 Å². The molecule has 3 aliphatic rings. The predicted molar refractivity (Wildman–Crippen MR) is 49.6 cm³/mol. The average Bonchev–Trinajstić information content (AvgIpc) is 2.70. The van der Waals surface area contributed by atoms with E-state index in [0.717, 1.165) is 0 Å². The highest BCUT2D eigenvalue weighted by Gasteiger charge is 2.66. The normalized spacial score (nSPS) is 48.7. The van der Waals surface area contributed by atoms with Gasteiger partial charge in [-0.1, -0.05) is 19.1 Å². The molecule has 2 N–H and O–H groups in total. The van der Waals surface area contributed by atoms with Crippen LogP contribution in [0.4, 0.5) is 0 Å². The van der Waals surface area contributed by atoms with Gasteiger partial charge in [0.05, 0.1) is 0 Å². The largest absolute Gasteiger partial charge is 0.369 e. The molecule has 0 saturated heterocycles.